The summed E-state index contributed by atoms with van der Waals surface area (Å²) in [4.78, 5) is 29.6. The van der Waals surface area contributed by atoms with Crippen LogP contribution in [0.15, 0.2) is 72.8 Å². The van der Waals surface area contributed by atoms with Crippen LogP contribution in [0.4, 0.5) is 36.4 Å². The summed E-state index contributed by atoms with van der Waals surface area (Å²) in [7, 11) is 1.50. The predicted octanol–water partition coefficient (Wildman–Crippen LogP) is 6.64. The zero-order valence-electron chi connectivity index (χ0n) is 25.0. The van der Waals surface area contributed by atoms with E-state index in [2.05, 4.69) is 5.32 Å². The van der Waals surface area contributed by atoms with E-state index in [0.29, 0.717) is 43.5 Å². The van der Waals surface area contributed by atoms with E-state index in [4.69, 9.17) is 0 Å². The Bertz CT molecular complexity index is 1450. The average molecular weight is 654 g/mol. The second-order valence-electron chi connectivity index (χ2n) is 11.4. The largest absolute Gasteiger partial charge is 0.416 e. The Morgan fingerprint density at radius 1 is 0.891 bits per heavy atom. The van der Waals surface area contributed by atoms with Gasteiger partial charge in [-0.2, -0.15) is 26.3 Å². The first-order valence-corrected chi connectivity index (χ1v) is 14.6. The molecule has 0 aliphatic heterocycles. The lowest BCUT2D eigenvalue weighted by molar-refractivity contribution is -0.144. The molecule has 0 saturated heterocycles. The van der Waals surface area contributed by atoms with Crippen molar-refractivity contribution in [1.29, 1.82) is 0 Å². The van der Waals surface area contributed by atoms with E-state index in [1.165, 1.54) is 36.2 Å². The number of hydrogen-bond acceptors (Lipinski definition) is 4. The molecule has 2 N–H and O–H groups in total. The summed E-state index contributed by atoms with van der Waals surface area (Å²) in [6.07, 6.45) is -9.06. The molecule has 0 aromatic heterocycles. The molecule has 3 aromatic carbocycles. The summed E-state index contributed by atoms with van der Waals surface area (Å²) in [5.74, 6) is -1.47. The third-order valence-electron chi connectivity index (χ3n) is 8.49. The summed E-state index contributed by atoms with van der Waals surface area (Å²) in [5, 5.41) is 12.4. The summed E-state index contributed by atoms with van der Waals surface area (Å²) in [6.45, 7) is -0.0993. The maximum absolute atomic E-state index is 13.6. The molecule has 0 spiro atoms. The first-order valence-electron chi connectivity index (χ1n) is 14.6. The number of aliphatic hydroxyl groups excluding tert-OH is 1. The highest BCUT2D eigenvalue weighted by atomic mass is 19.4. The Balaban J connectivity index is 1.54. The molecule has 46 heavy (non-hydrogen) atoms. The minimum atomic E-state index is -5.04. The molecule has 1 fully saturated rings. The van der Waals surface area contributed by atoms with Crippen LogP contribution in [0.3, 0.4) is 0 Å². The van der Waals surface area contributed by atoms with Crippen LogP contribution in [0, 0.1) is 5.82 Å². The van der Waals surface area contributed by atoms with Crippen LogP contribution >= 0.6 is 0 Å². The Morgan fingerprint density at radius 2 is 1.46 bits per heavy atom. The number of rotatable bonds is 10. The SMILES string of the molecule is CN(C(=O)Cc1cc(C(F)(F)F)cc(C(F)(F)F)c1)C1(c2ccccc2)CCC(N(CCO)CC(=O)Nc2ccc(F)cc2)CC1. The first-order chi connectivity index (χ1) is 21.6. The normalized spacial score (nSPS) is 18.8. The first kappa shape index (κ1) is 34.9. The number of alkyl halides is 6. The highest BCUT2D eigenvalue weighted by Crippen LogP contribution is 2.43. The maximum Gasteiger partial charge on any atom is 0.416 e. The van der Waals surface area contributed by atoms with Gasteiger partial charge in [-0.3, -0.25) is 14.5 Å². The lowest BCUT2D eigenvalue weighted by Crippen LogP contribution is -2.53. The molecule has 13 heteroatoms. The summed E-state index contributed by atoms with van der Waals surface area (Å²) >= 11 is 0. The Morgan fingerprint density at radius 3 is 1.98 bits per heavy atom. The second-order valence-corrected chi connectivity index (χ2v) is 11.4. The zero-order valence-corrected chi connectivity index (χ0v) is 25.0. The van der Waals surface area contributed by atoms with Crippen molar-refractivity contribution in [3.8, 4) is 0 Å². The van der Waals surface area contributed by atoms with Crippen LogP contribution in [-0.2, 0) is 33.9 Å². The molecule has 0 heterocycles. The van der Waals surface area contributed by atoms with Crippen LogP contribution in [-0.4, -0.2) is 59.5 Å². The molecule has 0 bridgehead atoms. The Hall–Kier alpha value is -3.97. The number of halogens is 7. The van der Waals surface area contributed by atoms with Gasteiger partial charge in [-0.1, -0.05) is 30.3 Å². The van der Waals surface area contributed by atoms with Gasteiger partial charge in [-0.15, -0.1) is 0 Å². The Kier molecular flexibility index (Phi) is 10.8. The van der Waals surface area contributed by atoms with Gasteiger partial charge in [0.15, 0.2) is 0 Å². The number of carbonyl (C=O) groups excluding carboxylic acids is 2. The number of likely N-dealkylation sites (N-methyl/N-ethyl adjacent to an activating group) is 1. The van der Waals surface area contributed by atoms with Crippen LogP contribution in [0.5, 0.6) is 0 Å². The van der Waals surface area contributed by atoms with Gasteiger partial charge in [0.05, 0.1) is 36.2 Å². The molecule has 3 aromatic rings. The quantitative estimate of drug-likeness (QED) is 0.241. The molecule has 0 unspecified atom stereocenters. The molecule has 0 atom stereocenters. The number of hydrogen-bond donors (Lipinski definition) is 2. The predicted molar refractivity (Wildman–Crippen MR) is 157 cm³/mol. The topological polar surface area (TPSA) is 72.9 Å². The third kappa shape index (κ3) is 8.43. The van der Waals surface area contributed by atoms with Crippen molar-refractivity contribution in [2.75, 3.05) is 32.1 Å². The average Bonchev–Trinajstić information content (AvgIpc) is 3.01. The van der Waals surface area contributed by atoms with Gasteiger partial charge in [-0.05, 0) is 79.3 Å². The lowest BCUT2D eigenvalue weighted by atomic mass is 9.73. The lowest BCUT2D eigenvalue weighted by Gasteiger charge is -2.48. The minimum absolute atomic E-state index is 0.0302. The van der Waals surface area contributed by atoms with Gasteiger partial charge in [0, 0.05) is 25.3 Å². The number of nitrogens with one attached hydrogen (secondary N) is 1. The molecule has 1 saturated carbocycles. The van der Waals surface area contributed by atoms with Crippen LogP contribution in [0.2, 0.25) is 0 Å². The van der Waals surface area contributed by atoms with Crippen molar-refractivity contribution in [1.82, 2.24) is 9.80 Å². The van der Waals surface area contributed by atoms with E-state index in [1.54, 1.807) is 18.2 Å². The summed E-state index contributed by atoms with van der Waals surface area (Å²) < 4.78 is 93.9. The molecule has 1 aliphatic carbocycles. The van der Waals surface area contributed by atoms with E-state index in [-0.39, 0.29) is 37.7 Å². The number of carbonyl (C=O) groups is 2. The van der Waals surface area contributed by atoms with Crippen LogP contribution in [0.25, 0.3) is 0 Å². The van der Waals surface area contributed by atoms with Gasteiger partial charge in [0.25, 0.3) is 0 Å². The monoisotopic (exact) mass is 653 g/mol. The van der Waals surface area contributed by atoms with Crippen molar-refractivity contribution >= 4 is 17.5 Å². The minimum Gasteiger partial charge on any atom is -0.395 e. The molecule has 1 aliphatic rings. The fourth-order valence-electron chi connectivity index (χ4n) is 6.10. The van der Waals surface area contributed by atoms with Crippen molar-refractivity contribution in [2.45, 2.75) is 56.0 Å². The highest BCUT2D eigenvalue weighted by Gasteiger charge is 2.44. The number of benzene rings is 3. The molecule has 248 valence electrons. The fraction of sp³-hybridized carbons (Fsp3) is 0.394. The van der Waals surface area contributed by atoms with E-state index in [0.717, 1.165) is 5.56 Å². The van der Waals surface area contributed by atoms with Crippen LogP contribution in [0.1, 0.15) is 47.9 Å². The summed E-state index contributed by atoms with van der Waals surface area (Å²) in [5.41, 5.74) is -3.14. The number of aliphatic hydroxyl groups is 1. The Labute approximate surface area is 261 Å². The van der Waals surface area contributed by atoms with E-state index >= 15 is 0 Å². The van der Waals surface area contributed by atoms with Gasteiger partial charge >= 0.3 is 12.4 Å². The van der Waals surface area contributed by atoms with Gasteiger partial charge in [0.2, 0.25) is 11.8 Å². The van der Waals surface area contributed by atoms with Crippen molar-refractivity contribution in [3.63, 3.8) is 0 Å². The van der Waals surface area contributed by atoms with Gasteiger partial charge in [-0.25, -0.2) is 4.39 Å². The fourth-order valence-corrected chi connectivity index (χ4v) is 6.10. The van der Waals surface area contributed by atoms with Gasteiger partial charge < -0.3 is 15.3 Å². The number of amides is 2. The van der Waals surface area contributed by atoms with E-state index in [1.807, 2.05) is 17.0 Å². The van der Waals surface area contributed by atoms with Crippen molar-refractivity contribution in [2.24, 2.45) is 0 Å². The second kappa shape index (κ2) is 14.2. The van der Waals surface area contributed by atoms with Gasteiger partial charge in [0.1, 0.15) is 5.82 Å². The van der Waals surface area contributed by atoms with Crippen molar-refractivity contribution in [3.05, 3.63) is 101 Å². The van der Waals surface area contributed by atoms with Crippen molar-refractivity contribution < 1.29 is 45.4 Å². The molecule has 6 nitrogen and oxygen atoms in total. The molecular weight excluding hydrogens is 619 g/mol. The number of nitrogens with zero attached hydrogens (tertiary/aromatic N) is 2. The molecule has 2 amide bonds. The smallest absolute Gasteiger partial charge is 0.395 e. The standard InChI is InChI=1S/C33H34F7N3O3/c1-42(30(46)19-22-17-24(32(35,36)37)20-25(18-22)33(38,39)40)31(23-5-3-2-4-6-23)13-11-28(12-14-31)43(15-16-44)21-29(45)41-27-9-7-26(34)8-10-27/h2-10,17-18,20,28,44H,11-16,19,21H2,1H3,(H,41,45). The van der Waals surface area contributed by atoms with Crippen LogP contribution < -0.4 is 5.32 Å². The van der Waals surface area contributed by atoms with E-state index < -0.39 is 52.7 Å². The molecular formula is C33H34F7N3O3. The summed E-state index contributed by atoms with van der Waals surface area (Å²) in [6, 6.07) is 15.2. The number of anilines is 1. The molecule has 4 rings (SSSR count). The highest BCUT2D eigenvalue weighted by molar-refractivity contribution is 5.92. The molecule has 0 radical (unpaired) electrons. The third-order valence-corrected chi connectivity index (χ3v) is 8.49. The maximum atomic E-state index is 13.6. The van der Waals surface area contributed by atoms with E-state index in [9.17, 15) is 45.4 Å². The zero-order chi connectivity index (χ0) is 33.7.